The first kappa shape index (κ1) is 20.6. The third-order valence-electron chi connectivity index (χ3n) is 5.66. The molecule has 0 saturated heterocycles. The molecule has 0 fully saturated rings. The molecule has 0 saturated carbocycles. The minimum atomic E-state index is -0.930. The lowest BCUT2D eigenvalue weighted by atomic mass is 9.88. The predicted molar refractivity (Wildman–Crippen MR) is 114 cm³/mol. The maximum Gasteiger partial charge on any atom is 0.341 e. The summed E-state index contributed by atoms with van der Waals surface area (Å²) in [6.45, 7) is 6.12. The highest BCUT2D eigenvalue weighted by molar-refractivity contribution is 7.17. The van der Waals surface area contributed by atoms with Crippen LogP contribution in [0.3, 0.4) is 0 Å². The molecule has 1 aromatic heterocycles. The van der Waals surface area contributed by atoms with Crippen LogP contribution in [0.4, 0.5) is 5.00 Å². The van der Waals surface area contributed by atoms with Crippen LogP contribution < -0.4 is 5.32 Å². The summed E-state index contributed by atoms with van der Waals surface area (Å²) in [6.07, 6.45) is 2.06. The molecule has 2 aromatic rings. The summed E-state index contributed by atoms with van der Waals surface area (Å²) >= 11 is 1.43. The monoisotopic (exact) mass is 427 g/mol. The number of nitrogens with one attached hydrogen (secondary N) is 1. The molecule has 2 atom stereocenters. The van der Waals surface area contributed by atoms with Crippen molar-refractivity contribution < 1.29 is 23.9 Å². The van der Waals surface area contributed by atoms with Gasteiger partial charge in [-0.05, 0) is 56.2 Å². The first-order chi connectivity index (χ1) is 14.4. The fourth-order valence-corrected chi connectivity index (χ4v) is 5.49. The third kappa shape index (κ3) is 3.86. The summed E-state index contributed by atoms with van der Waals surface area (Å²) in [5.41, 5.74) is 3.70. The van der Waals surface area contributed by atoms with E-state index in [1.807, 2.05) is 19.1 Å². The van der Waals surface area contributed by atoms with Crippen molar-refractivity contribution in [1.82, 2.24) is 0 Å². The van der Waals surface area contributed by atoms with Gasteiger partial charge in [0.05, 0.1) is 17.7 Å². The minimum Gasteiger partial charge on any atom is -0.462 e. The van der Waals surface area contributed by atoms with Crippen LogP contribution in [0.25, 0.3) is 0 Å². The van der Waals surface area contributed by atoms with Crippen LogP contribution >= 0.6 is 11.3 Å². The zero-order chi connectivity index (χ0) is 21.4. The Kier molecular flexibility index (Phi) is 5.64. The summed E-state index contributed by atoms with van der Waals surface area (Å²) in [7, 11) is 0. The van der Waals surface area contributed by atoms with Crippen LogP contribution in [0.2, 0.25) is 0 Å². The summed E-state index contributed by atoms with van der Waals surface area (Å²) in [6, 6.07) is 5.56. The zero-order valence-electron chi connectivity index (χ0n) is 17.4. The van der Waals surface area contributed by atoms with E-state index in [4.69, 9.17) is 9.47 Å². The van der Waals surface area contributed by atoms with E-state index in [1.165, 1.54) is 11.3 Å². The largest absolute Gasteiger partial charge is 0.462 e. The van der Waals surface area contributed by atoms with E-state index >= 15 is 0 Å². The Labute approximate surface area is 179 Å². The van der Waals surface area contributed by atoms with Crippen molar-refractivity contribution in [3.8, 4) is 0 Å². The lowest BCUT2D eigenvalue weighted by Gasteiger charge is -2.24. The van der Waals surface area contributed by atoms with E-state index in [2.05, 4.69) is 12.2 Å². The summed E-state index contributed by atoms with van der Waals surface area (Å²) in [5, 5.41) is 3.35. The van der Waals surface area contributed by atoms with Crippen LogP contribution in [-0.2, 0) is 33.5 Å². The second-order valence-corrected chi connectivity index (χ2v) is 9.13. The van der Waals surface area contributed by atoms with Crippen LogP contribution in [0.15, 0.2) is 18.2 Å². The molecular weight excluding hydrogens is 402 g/mol. The maximum absolute atomic E-state index is 13.0. The summed E-state index contributed by atoms with van der Waals surface area (Å²) in [4.78, 5) is 39.1. The zero-order valence-corrected chi connectivity index (χ0v) is 18.2. The van der Waals surface area contributed by atoms with Crippen molar-refractivity contribution in [2.45, 2.75) is 52.6 Å². The number of hydrogen-bond donors (Lipinski definition) is 1. The first-order valence-corrected chi connectivity index (χ1v) is 11.1. The van der Waals surface area contributed by atoms with Crippen LogP contribution in [0.1, 0.15) is 62.6 Å². The minimum absolute atomic E-state index is 0.268. The number of rotatable bonds is 4. The number of esters is 2. The van der Waals surface area contributed by atoms with Gasteiger partial charge >= 0.3 is 11.9 Å². The number of carbonyl (C=O) groups is 3. The highest BCUT2D eigenvalue weighted by Crippen LogP contribution is 2.40. The molecule has 1 amide bonds. The average Bonchev–Trinajstić information content (AvgIpc) is 3.05. The normalized spacial score (nSPS) is 20.0. The van der Waals surface area contributed by atoms with Gasteiger partial charge < -0.3 is 14.8 Å². The van der Waals surface area contributed by atoms with Gasteiger partial charge in [-0.25, -0.2) is 9.59 Å². The highest BCUT2D eigenvalue weighted by Gasteiger charge is 2.34. The Bertz CT molecular complexity index is 1020. The molecule has 6 nitrogen and oxygen atoms in total. The molecule has 0 unspecified atom stereocenters. The van der Waals surface area contributed by atoms with E-state index in [-0.39, 0.29) is 6.61 Å². The molecule has 158 valence electrons. The second-order valence-electron chi connectivity index (χ2n) is 8.02. The molecular formula is C23H25NO5S. The molecule has 7 heteroatoms. The van der Waals surface area contributed by atoms with Crippen LogP contribution in [0, 0.1) is 12.8 Å². The topological polar surface area (TPSA) is 81.7 Å². The van der Waals surface area contributed by atoms with E-state index in [0.29, 0.717) is 28.5 Å². The number of hydrogen-bond acceptors (Lipinski definition) is 6. The number of fused-ring (bicyclic) bond motifs is 2. The molecule has 2 heterocycles. The van der Waals surface area contributed by atoms with E-state index in [1.54, 1.807) is 13.0 Å². The Balaban J connectivity index is 1.59. The van der Waals surface area contributed by atoms with E-state index < -0.39 is 23.9 Å². The first-order valence-electron chi connectivity index (χ1n) is 10.3. The Hall–Kier alpha value is -2.67. The van der Waals surface area contributed by atoms with Gasteiger partial charge in [0.2, 0.25) is 0 Å². The number of aryl methyl sites for hydroxylation is 1. The predicted octanol–water partition coefficient (Wildman–Crippen LogP) is 4.08. The van der Waals surface area contributed by atoms with Gasteiger partial charge in [-0.2, -0.15) is 0 Å². The molecule has 0 spiro atoms. The van der Waals surface area contributed by atoms with Crippen molar-refractivity contribution in [3.63, 3.8) is 0 Å². The SMILES string of the molecule is CCOC(=O)c1c(NC(=O)[C@@H]2Cc3ccc(C)cc3C(=O)O2)sc2c1CC[C@@H](C)C2. The summed E-state index contributed by atoms with van der Waals surface area (Å²) in [5.74, 6) is -0.799. The van der Waals surface area contributed by atoms with Gasteiger partial charge in [-0.15, -0.1) is 11.3 Å². The third-order valence-corrected chi connectivity index (χ3v) is 6.83. The number of amides is 1. The molecule has 1 N–H and O–H groups in total. The smallest absolute Gasteiger partial charge is 0.341 e. The number of thiophene rings is 1. The van der Waals surface area contributed by atoms with Gasteiger partial charge in [-0.3, -0.25) is 4.79 Å². The number of ether oxygens (including phenoxy) is 2. The van der Waals surface area contributed by atoms with Crippen molar-refractivity contribution in [2.75, 3.05) is 11.9 Å². The molecule has 30 heavy (non-hydrogen) atoms. The van der Waals surface area contributed by atoms with E-state index in [0.717, 1.165) is 40.8 Å². The van der Waals surface area contributed by atoms with Crippen LogP contribution in [0.5, 0.6) is 0 Å². The lowest BCUT2D eigenvalue weighted by Crippen LogP contribution is -2.38. The number of benzene rings is 1. The molecule has 1 aliphatic heterocycles. The molecule has 0 bridgehead atoms. The fourth-order valence-electron chi connectivity index (χ4n) is 4.09. The van der Waals surface area contributed by atoms with Crippen LogP contribution in [-0.4, -0.2) is 30.6 Å². The highest BCUT2D eigenvalue weighted by atomic mass is 32.1. The molecule has 0 radical (unpaired) electrons. The second kappa shape index (κ2) is 8.22. The molecule has 2 aliphatic rings. The van der Waals surface area contributed by atoms with Gasteiger partial charge in [0, 0.05) is 11.3 Å². The van der Waals surface area contributed by atoms with Crippen molar-refractivity contribution in [2.24, 2.45) is 5.92 Å². The molecule has 4 rings (SSSR count). The van der Waals surface area contributed by atoms with Crippen molar-refractivity contribution in [3.05, 3.63) is 50.9 Å². The molecule has 1 aliphatic carbocycles. The van der Waals surface area contributed by atoms with E-state index in [9.17, 15) is 14.4 Å². The van der Waals surface area contributed by atoms with Gasteiger partial charge in [0.1, 0.15) is 5.00 Å². The number of cyclic esters (lactones) is 1. The summed E-state index contributed by atoms with van der Waals surface area (Å²) < 4.78 is 10.7. The number of carbonyl (C=O) groups excluding carboxylic acids is 3. The van der Waals surface area contributed by atoms with Gasteiger partial charge in [-0.1, -0.05) is 24.6 Å². The fraction of sp³-hybridized carbons (Fsp3) is 0.435. The quantitative estimate of drug-likeness (QED) is 0.744. The van der Waals surface area contributed by atoms with Crippen molar-refractivity contribution in [1.29, 1.82) is 0 Å². The number of anilines is 1. The Morgan fingerprint density at radius 2 is 2.10 bits per heavy atom. The van der Waals surface area contributed by atoms with Crippen molar-refractivity contribution >= 4 is 34.2 Å². The lowest BCUT2D eigenvalue weighted by molar-refractivity contribution is -0.125. The standard InChI is InChI=1S/C23H25NO5S/c1-4-28-23(27)19-15-8-6-13(3)10-18(15)30-21(19)24-20(25)17-11-14-7-5-12(2)9-16(14)22(26)29-17/h5,7,9,13,17H,4,6,8,10-11H2,1-3H3,(H,24,25)/t13-,17+/m1/s1. The average molecular weight is 428 g/mol. The Morgan fingerprint density at radius 1 is 1.30 bits per heavy atom. The van der Waals surface area contributed by atoms with Gasteiger partial charge in [0.25, 0.3) is 5.91 Å². The maximum atomic E-state index is 13.0. The molecule has 1 aromatic carbocycles. The Morgan fingerprint density at radius 3 is 2.87 bits per heavy atom. The van der Waals surface area contributed by atoms with Gasteiger partial charge in [0.15, 0.2) is 6.10 Å².